The second-order valence-corrected chi connectivity index (χ2v) is 8.48. The van der Waals surface area contributed by atoms with Crippen LogP contribution in [0.5, 0.6) is 0 Å². The summed E-state index contributed by atoms with van der Waals surface area (Å²) in [5.74, 6) is -0.543. The molecule has 31 heavy (non-hydrogen) atoms. The number of benzene rings is 1. The Morgan fingerprint density at radius 1 is 1.00 bits per heavy atom. The summed E-state index contributed by atoms with van der Waals surface area (Å²) in [4.78, 5) is 4.44. The van der Waals surface area contributed by atoms with Gasteiger partial charge in [0.1, 0.15) is 5.60 Å². The van der Waals surface area contributed by atoms with Crippen molar-refractivity contribution in [3.8, 4) is 16.9 Å². The highest BCUT2D eigenvalue weighted by Crippen LogP contribution is 2.45. The number of aliphatic hydroxyl groups is 2. The number of nitrogens with zero attached hydrogens (tertiary/aromatic N) is 3. The maximum atomic E-state index is 11.5. The lowest BCUT2D eigenvalue weighted by atomic mass is 9.79. The van der Waals surface area contributed by atoms with Crippen LogP contribution in [0.2, 0.25) is 0 Å². The van der Waals surface area contributed by atoms with Crippen molar-refractivity contribution < 1.29 is 19.7 Å². The number of aliphatic hydroxyl groups excluding tert-OH is 1. The normalized spacial score (nSPS) is 19.7. The van der Waals surface area contributed by atoms with E-state index in [-0.39, 0.29) is 6.61 Å². The third-order valence-corrected chi connectivity index (χ3v) is 6.41. The van der Waals surface area contributed by atoms with Crippen molar-refractivity contribution in [3.05, 3.63) is 65.6 Å². The molecule has 3 aromatic rings. The second-order valence-electron chi connectivity index (χ2n) is 8.48. The van der Waals surface area contributed by atoms with E-state index in [9.17, 15) is 10.2 Å². The van der Waals surface area contributed by atoms with E-state index in [2.05, 4.69) is 4.98 Å². The van der Waals surface area contributed by atoms with Gasteiger partial charge in [-0.1, -0.05) is 12.1 Å². The summed E-state index contributed by atoms with van der Waals surface area (Å²) in [5, 5.41) is 25.7. The van der Waals surface area contributed by atoms with Crippen LogP contribution in [0.25, 0.3) is 16.9 Å². The summed E-state index contributed by atoms with van der Waals surface area (Å²) < 4.78 is 13.5. The predicted octanol–water partition coefficient (Wildman–Crippen LogP) is 3.24. The van der Waals surface area contributed by atoms with Gasteiger partial charge in [0.25, 0.3) is 0 Å². The number of aromatic nitrogens is 3. The number of hydrogen-bond donors (Lipinski definition) is 2. The second kappa shape index (κ2) is 7.84. The molecule has 0 bridgehead atoms. The van der Waals surface area contributed by atoms with Crippen molar-refractivity contribution >= 4 is 0 Å². The summed E-state index contributed by atoms with van der Waals surface area (Å²) >= 11 is 0. The van der Waals surface area contributed by atoms with Crippen molar-refractivity contribution in [1.82, 2.24) is 14.8 Å². The van der Waals surface area contributed by atoms with E-state index >= 15 is 0 Å². The zero-order valence-electron chi connectivity index (χ0n) is 17.6. The van der Waals surface area contributed by atoms with Crippen LogP contribution >= 0.6 is 0 Å². The van der Waals surface area contributed by atoms with Crippen LogP contribution in [-0.4, -0.2) is 44.0 Å². The van der Waals surface area contributed by atoms with Crippen LogP contribution in [0.15, 0.2) is 48.7 Å². The monoisotopic (exact) mass is 421 g/mol. The Hall–Kier alpha value is -2.58. The van der Waals surface area contributed by atoms with E-state index in [4.69, 9.17) is 14.6 Å². The molecule has 0 unspecified atom stereocenters. The lowest BCUT2D eigenvalue weighted by Gasteiger charge is -2.39. The van der Waals surface area contributed by atoms with E-state index in [1.807, 2.05) is 60.3 Å². The fraction of sp³-hybridized carbons (Fsp3) is 0.417. The SMILES string of the molecule is Cc1ccc(-c2cc(C3(O)CCC4(CC3)OCCO4)nn2-c2ccc(CO)cc2)cn1. The van der Waals surface area contributed by atoms with Gasteiger partial charge in [0, 0.05) is 30.3 Å². The van der Waals surface area contributed by atoms with Gasteiger partial charge in [-0.15, -0.1) is 0 Å². The summed E-state index contributed by atoms with van der Waals surface area (Å²) in [6, 6.07) is 13.5. The highest BCUT2D eigenvalue weighted by molar-refractivity contribution is 5.62. The first-order chi connectivity index (χ1) is 15.0. The molecular weight excluding hydrogens is 394 g/mol. The minimum Gasteiger partial charge on any atom is -0.392 e. The van der Waals surface area contributed by atoms with Gasteiger partial charge in [-0.05, 0) is 55.7 Å². The molecule has 7 heteroatoms. The lowest BCUT2D eigenvalue weighted by Crippen LogP contribution is -2.42. The highest BCUT2D eigenvalue weighted by atomic mass is 16.7. The Kier molecular flexibility index (Phi) is 5.14. The predicted molar refractivity (Wildman–Crippen MR) is 114 cm³/mol. The third kappa shape index (κ3) is 3.78. The minimum absolute atomic E-state index is 0.00891. The zero-order chi connectivity index (χ0) is 21.5. The first-order valence-electron chi connectivity index (χ1n) is 10.7. The first kappa shape index (κ1) is 20.3. The molecule has 1 aromatic carbocycles. The Balaban J connectivity index is 1.53. The molecule has 1 aliphatic heterocycles. The minimum atomic E-state index is -1.04. The average Bonchev–Trinajstić information content (AvgIpc) is 3.45. The highest BCUT2D eigenvalue weighted by Gasteiger charge is 2.47. The van der Waals surface area contributed by atoms with Crippen molar-refractivity contribution in [2.24, 2.45) is 0 Å². The molecule has 0 amide bonds. The van der Waals surface area contributed by atoms with E-state index in [1.54, 1.807) is 0 Å². The largest absolute Gasteiger partial charge is 0.392 e. The van der Waals surface area contributed by atoms with Gasteiger partial charge < -0.3 is 19.7 Å². The zero-order valence-corrected chi connectivity index (χ0v) is 17.6. The molecule has 1 saturated carbocycles. The van der Waals surface area contributed by atoms with Gasteiger partial charge in [-0.3, -0.25) is 4.98 Å². The maximum Gasteiger partial charge on any atom is 0.168 e. The van der Waals surface area contributed by atoms with Crippen LogP contribution in [0.3, 0.4) is 0 Å². The number of pyridine rings is 1. The number of aryl methyl sites for hydroxylation is 1. The van der Waals surface area contributed by atoms with Crippen molar-refractivity contribution in [3.63, 3.8) is 0 Å². The van der Waals surface area contributed by atoms with Gasteiger partial charge in [-0.25, -0.2) is 4.68 Å². The Morgan fingerprint density at radius 2 is 1.71 bits per heavy atom. The molecular formula is C24H27N3O4. The van der Waals surface area contributed by atoms with E-state index in [0.717, 1.165) is 28.2 Å². The molecule has 1 saturated heterocycles. The number of ether oxygens (including phenoxy) is 2. The summed E-state index contributed by atoms with van der Waals surface area (Å²) in [6.07, 6.45) is 4.17. The fourth-order valence-corrected chi connectivity index (χ4v) is 4.46. The summed E-state index contributed by atoms with van der Waals surface area (Å²) in [5.41, 5.74) is 4.02. The standard InChI is InChI=1S/C24H27N3O4/c1-17-2-5-19(15-25-17)21-14-22(26-27(21)20-6-3-18(16-28)4-7-20)23(29)8-10-24(11-9-23)30-12-13-31-24/h2-7,14-15,28-29H,8-13,16H2,1H3. The topological polar surface area (TPSA) is 89.6 Å². The molecule has 1 aliphatic carbocycles. The quantitative estimate of drug-likeness (QED) is 0.672. The molecule has 1 spiro atoms. The number of hydrogen-bond acceptors (Lipinski definition) is 6. The summed E-state index contributed by atoms with van der Waals surface area (Å²) in [6.45, 7) is 3.17. The Labute approximate surface area is 181 Å². The molecule has 2 aromatic heterocycles. The first-order valence-corrected chi connectivity index (χ1v) is 10.7. The van der Waals surface area contributed by atoms with Crippen LogP contribution in [0.1, 0.15) is 42.6 Å². The smallest absolute Gasteiger partial charge is 0.168 e. The van der Waals surface area contributed by atoms with Crippen LogP contribution in [-0.2, 0) is 21.7 Å². The van der Waals surface area contributed by atoms with Crippen LogP contribution in [0, 0.1) is 6.92 Å². The fourth-order valence-electron chi connectivity index (χ4n) is 4.46. The lowest BCUT2D eigenvalue weighted by molar-refractivity contribution is -0.204. The van der Waals surface area contributed by atoms with E-state index in [1.165, 1.54) is 0 Å². The van der Waals surface area contributed by atoms with E-state index < -0.39 is 11.4 Å². The van der Waals surface area contributed by atoms with Crippen molar-refractivity contribution in [2.75, 3.05) is 13.2 Å². The van der Waals surface area contributed by atoms with Crippen molar-refractivity contribution in [1.29, 1.82) is 0 Å². The van der Waals surface area contributed by atoms with Gasteiger partial charge in [0.05, 0.1) is 36.9 Å². The van der Waals surface area contributed by atoms with Gasteiger partial charge in [0.2, 0.25) is 0 Å². The molecule has 5 rings (SSSR count). The molecule has 7 nitrogen and oxygen atoms in total. The third-order valence-electron chi connectivity index (χ3n) is 6.41. The average molecular weight is 421 g/mol. The molecule has 2 N–H and O–H groups in total. The van der Waals surface area contributed by atoms with Gasteiger partial charge in [-0.2, -0.15) is 5.10 Å². The van der Waals surface area contributed by atoms with Gasteiger partial charge in [0.15, 0.2) is 5.79 Å². The van der Waals surface area contributed by atoms with Gasteiger partial charge >= 0.3 is 0 Å². The Bertz CT molecular complexity index is 1040. The molecule has 0 atom stereocenters. The molecule has 3 heterocycles. The Morgan fingerprint density at radius 3 is 2.32 bits per heavy atom. The van der Waals surface area contributed by atoms with Crippen LogP contribution in [0.4, 0.5) is 0 Å². The number of rotatable bonds is 4. The molecule has 2 aliphatic rings. The summed E-state index contributed by atoms with van der Waals surface area (Å²) in [7, 11) is 0. The molecule has 0 radical (unpaired) electrons. The molecule has 2 fully saturated rings. The maximum absolute atomic E-state index is 11.5. The van der Waals surface area contributed by atoms with Crippen molar-refractivity contribution in [2.45, 2.75) is 50.6 Å². The van der Waals surface area contributed by atoms with E-state index in [0.29, 0.717) is 44.6 Å². The molecule has 162 valence electrons. The van der Waals surface area contributed by atoms with Crippen LogP contribution < -0.4 is 0 Å².